The summed E-state index contributed by atoms with van der Waals surface area (Å²) in [5, 5.41) is 9.05. The minimum Gasteiger partial charge on any atom is -0.406 e. The third kappa shape index (κ3) is 5.76. The molecule has 1 unspecified atom stereocenters. The van der Waals surface area contributed by atoms with Crippen LogP contribution in [0.2, 0.25) is 19.6 Å². The van der Waals surface area contributed by atoms with Crippen LogP contribution in [0.3, 0.4) is 0 Å². The number of nitrogens with zero attached hydrogens (tertiary/aromatic N) is 1. The summed E-state index contributed by atoms with van der Waals surface area (Å²) in [4.78, 5) is 0. The van der Waals surface area contributed by atoms with Crippen molar-refractivity contribution in [3.05, 3.63) is 29.8 Å². The van der Waals surface area contributed by atoms with E-state index in [9.17, 15) is 13.2 Å². The summed E-state index contributed by atoms with van der Waals surface area (Å²) in [6.07, 6.45) is -5.64. The Morgan fingerprint density at radius 3 is 2.37 bits per heavy atom. The lowest BCUT2D eigenvalue weighted by molar-refractivity contribution is -0.274. The standard InChI is InChI=1S/C12H14F3NO2Si/c1-19(2,3)18-11(8-16)9-5-4-6-10(7-9)17-12(13,14)15/h4-7,11H,1-3H3. The molecule has 3 nitrogen and oxygen atoms in total. The Hall–Kier alpha value is -1.52. The fraction of sp³-hybridized carbons (Fsp3) is 0.417. The van der Waals surface area contributed by atoms with Gasteiger partial charge in [-0.25, -0.2) is 0 Å². The lowest BCUT2D eigenvalue weighted by atomic mass is 10.1. The predicted octanol–water partition coefficient (Wildman–Crippen LogP) is 4.00. The van der Waals surface area contributed by atoms with E-state index < -0.39 is 20.8 Å². The van der Waals surface area contributed by atoms with Crippen molar-refractivity contribution in [3.63, 3.8) is 0 Å². The Bertz CT molecular complexity index is 477. The SMILES string of the molecule is C[Si](C)(C)OC(C#N)c1cccc(OC(F)(F)F)c1. The molecule has 1 rings (SSSR count). The molecule has 0 heterocycles. The molecule has 0 saturated heterocycles. The normalized spacial score (nSPS) is 13.7. The molecule has 0 aliphatic heterocycles. The van der Waals surface area contributed by atoms with Gasteiger partial charge in [-0.05, 0) is 37.3 Å². The molecule has 19 heavy (non-hydrogen) atoms. The highest BCUT2D eigenvalue weighted by atomic mass is 28.4. The first-order valence-electron chi connectivity index (χ1n) is 5.54. The first-order chi connectivity index (χ1) is 8.61. The van der Waals surface area contributed by atoms with Crippen LogP contribution in [0.25, 0.3) is 0 Å². The largest absolute Gasteiger partial charge is 0.573 e. The summed E-state index contributed by atoms with van der Waals surface area (Å²) in [6, 6.07) is 7.23. The average Bonchev–Trinajstić information content (AvgIpc) is 2.22. The Morgan fingerprint density at radius 2 is 1.89 bits per heavy atom. The van der Waals surface area contributed by atoms with Crippen LogP contribution in [0.5, 0.6) is 5.75 Å². The van der Waals surface area contributed by atoms with E-state index >= 15 is 0 Å². The van der Waals surface area contributed by atoms with Crippen LogP contribution in [-0.4, -0.2) is 14.7 Å². The van der Waals surface area contributed by atoms with E-state index in [0.29, 0.717) is 5.56 Å². The van der Waals surface area contributed by atoms with E-state index in [1.165, 1.54) is 24.3 Å². The fourth-order valence-electron chi connectivity index (χ4n) is 1.40. The second kappa shape index (κ2) is 5.63. The summed E-state index contributed by atoms with van der Waals surface area (Å²) in [6.45, 7) is 5.69. The van der Waals surface area contributed by atoms with Gasteiger partial charge in [-0.15, -0.1) is 13.2 Å². The van der Waals surface area contributed by atoms with Crippen LogP contribution in [0, 0.1) is 11.3 Å². The monoisotopic (exact) mass is 289 g/mol. The van der Waals surface area contributed by atoms with Gasteiger partial charge in [-0.2, -0.15) is 5.26 Å². The van der Waals surface area contributed by atoms with Crippen LogP contribution in [0.15, 0.2) is 24.3 Å². The first kappa shape index (κ1) is 15.5. The molecule has 0 amide bonds. The van der Waals surface area contributed by atoms with Crippen molar-refractivity contribution in [1.29, 1.82) is 5.26 Å². The Kier molecular flexibility index (Phi) is 4.60. The lowest BCUT2D eigenvalue weighted by Gasteiger charge is -2.22. The maximum absolute atomic E-state index is 12.1. The van der Waals surface area contributed by atoms with Crippen molar-refractivity contribution in [2.24, 2.45) is 0 Å². The third-order valence-corrected chi connectivity index (χ3v) is 2.93. The topological polar surface area (TPSA) is 42.2 Å². The summed E-state index contributed by atoms with van der Waals surface area (Å²) >= 11 is 0. The maximum atomic E-state index is 12.1. The molecule has 7 heteroatoms. The molecule has 0 bridgehead atoms. The smallest absolute Gasteiger partial charge is 0.406 e. The summed E-state index contributed by atoms with van der Waals surface area (Å²) in [5.74, 6) is -0.357. The number of hydrogen-bond acceptors (Lipinski definition) is 3. The van der Waals surface area contributed by atoms with Crippen molar-refractivity contribution in [2.45, 2.75) is 32.1 Å². The maximum Gasteiger partial charge on any atom is 0.573 e. The van der Waals surface area contributed by atoms with Crippen molar-refractivity contribution in [1.82, 2.24) is 0 Å². The number of benzene rings is 1. The Balaban J connectivity index is 2.94. The molecule has 0 saturated carbocycles. The number of rotatable bonds is 4. The van der Waals surface area contributed by atoms with Crippen molar-refractivity contribution in [3.8, 4) is 11.8 Å². The van der Waals surface area contributed by atoms with Crippen LogP contribution in [-0.2, 0) is 4.43 Å². The summed E-state index contributed by atoms with van der Waals surface area (Å²) in [7, 11) is -1.97. The average molecular weight is 289 g/mol. The van der Waals surface area contributed by atoms with Crippen molar-refractivity contribution >= 4 is 8.32 Å². The minimum atomic E-state index is -4.75. The van der Waals surface area contributed by atoms with Gasteiger partial charge in [0.2, 0.25) is 0 Å². The molecular weight excluding hydrogens is 275 g/mol. The van der Waals surface area contributed by atoms with Gasteiger partial charge in [0.05, 0.1) is 6.07 Å². The molecule has 1 aromatic rings. The Labute approximate surface area is 110 Å². The molecule has 1 aromatic carbocycles. The zero-order chi connectivity index (χ0) is 14.7. The van der Waals surface area contributed by atoms with Crippen molar-refractivity contribution in [2.75, 3.05) is 0 Å². The highest BCUT2D eigenvalue weighted by Gasteiger charge is 2.31. The van der Waals surface area contributed by atoms with Crippen LogP contribution in [0.1, 0.15) is 11.7 Å². The first-order valence-corrected chi connectivity index (χ1v) is 8.95. The second-order valence-electron chi connectivity index (χ2n) is 4.86. The van der Waals surface area contributed by atoms with E-state index in [-0.39, 0.29) is 5.75 Å². The van der Waals surface area contributed by atoms with Crippen LogP contribution < -0.4 is 4.74 Å². The van der Waals surface area contributed by atoms with Gasteiger partial charge in [-0.1, -0.05) is 12.1 Å². The van der Waals surface area contributed by atoms with E-state index in [0.717, 1.165) is 0 Å². The Morgan fingerprint density at radius 1 is 1.26 bits per heavy atom. The summed E-state index contributed by atoms with van der Waals surface area (Å²) < 4.78 is 45.8. The molecular formula is C12H14F3NO2Si. The van der Waals surface area contributed by atoms with E-state index in [4.69, 9.17) is 9.69 Å². The van der Waals surface area contributed by atoms with Crippen molar-refractivity contribution < 1.29 is 22.3 Å². The number of halogens is 3. The fourth-order valence-corrected chi connectivity index (χ4v) is 2.29. The van der Waals surface area contributed by atoms with E-state index in [1.54, 1.807) is 0 Å². The molecule has 0 aromatic heterocycles. The van der Waals surface area contributed by atoms with Gasteiger partial charge in [0.15, 0.2) is 14.4 Å². The molecule has 0 spiro atoms. The molecule has 1 atom stereocenters. The van der Waals surface area contributed by atoms with E-state index in [2.05, 4.69) is 4.74 Å². The van der Waals surface area contributed by atoms with Gasteiger partial charge >= 0.3 is 6.36 Å². The number of nitriles is 1. The number of hydrogen-bond donors (Lipinski definition) is 0. The minimum absolute atomic E-state index is 0.353. The van der Waals surface area contributed by atoms with E-state index in [1.807, 2.05) is 25.7 Å². The predicted molar refractivity (Wildman–Crippen MR) is 65.9 cm³/mol. The molecule has 0 aliphatic rings. The highest BCUT2D eigenvalue weighted by molar-refractivity contribution is 6.69. The second-order valence-corrected chi connectivity index (χ2v) is 9.32. The van der Waals surface area contributed by atoms with Gasteiger partial charge in [-0.3, -0.25) is 0 Å². The van der Waals surface area contributed by atoms with Gasteiger partial charge in [0, 0.05) is 0 Å². The van der Waals surface area contributed by atoms with Crippen LogP contribution in [0.4, 0.5) is 13.2 Å². The number of alkyl halides is 3. The zero-order valence-electron chi connectivity index (χ0n) is 10.8. The molecule has 0 radical (unpaired) electrons. The van der Waals surface area contributed by atoms with Crippen LogP contribution >= 0.6 is 0 Å². The molecule has 0 fully saturated rings. The zero-order valence-corrected chi connectivity index (χ0v) is 11.8. The highest BCUT2D eigenvalue weighted by Crippen LogP contribution is 2.28. The summed E-state index contributed by atoms with van der Waals surface area (Å²) in [5.41, 5.74) is 0.353. The van der Waals surface area contributed by atoms with Gasteiger partial charge in [0.25, 0.3) is 0 Å². The third-order valence-electron chi connectivity index (χ3n) is 1.98. The molecule has 0 aliphatic carbocycles. The number of ether oxygens (including phenoxy) is 1. The molecule has 104 valence electrons. The van der Waals surface area contributed by atoms with Gasteiger partial charge < -0.3 is 9.16 Å². The quantitative estimate of drug-likeness (QED) is 0.787. The van der Waals surface area contributed by atoms with Gasteiger partial charge in [0.1, 0.15) is 5.75 Å². The molecule has 0 N–H and O–H groups in total. The lowest BCUT2D eigenvalue weighted by Crippen LogP contribution is -2.27.